The number of nitrogens with two attached hydrogens (primary N) is 1. The minimum Gasteiger partial charge on any atom is -0.364 e. The highest BCUT2D eigenvalue weighted by Gasteiger charge is 2.33. The molecule has 1 aliphatic rings. The van der Waals surface area contributed by atoms with Gasteiger partial charge in [-0.3, -0.25) is 4.79 Å². The molecular weight excluding hydrogens is 348 g/mol. The highest BCUT2D eigenvalue weighted by Crippen LogP contribution is 2.27. The molecule has 1 aliphatic heterocycles. The lowest BCUT2D eigenvalue weighted by Gasteiger charge is -2.28. The SMILES string of the molecule is CC(c1ccc(-c2ccccc2)cc1)N(C)C(=O)[C@@H]1CC[C@H](CN)O1.Cl. The Hall–Kier alpha value is -1.88. The summed E-state index contributed by atoms with van der Waals surface area (Å²) >= 11 is 0. The summed E-state index contributed by atoms with van der Waals surface area (Å²) in [7, 11) is 1.84. The van der Waals surface area contributed by atoms with Crippen LogP contribution in [0.3, 0.4) is 0 Å². The van der Waals surface area contributed by atoms with Crippen LogP contribution in [-0.4, -0.2) is 36.6 Å². The molecule has 5 heteroatoms. The van der Waals surface area contributed by atoms with Gasteiger partial charge in [0, 0.05) is 13.6 Å². The van der Waals surface area contributed by atoms with Crippen molar-refractivity contribution in [2.24, 2.45) is 5.73 Å². The number of carbonyl (C=O) groups excluding carboxylic acids is 1. The van der Waals surface area contributed by atoms with Gasteiger partial charge in [0.15, 0.2) is 0 Å². The first-order valence-electron chi connectivity index (χ1n) is 8.87. The summed E-state index contributed by atoms with van der Waals surface area (Å²) in [4.78, 5) is 14.4. The molecule has 0 saturated carbocycles. The van der Waals surface area contributed by atoms with Crippen molar-refractivity contribution >= 4 is 18.3 Å². The molecular formula is C21H27ClN2O2. The number of benzene rings is 2. The number of hydrogen-bond acceptors (Lipinski definition) is 3. The lowest BCUT2D eigenvalue weighted by atomic mass is 10.0. The van der Waals surface area contributed by atoms with E-state index in [4.69, 9.17) is 10.5 Å². The number of likely N-dealkylation sites (N-methyl/N-ethyl adjacent to an activating group) is 1. The molecule has 3 atom stereocenters. The largest absolute Gasteiger partial charge is 0.364 e. The van der Waals surface area contributed by atoms with Gasteiger partial charge in [0.1, 0.15) is 6.10 Å². The van der Waals surface area contributed by atoms with Gasteiger partial charge in [-0.05, 0) is 36.5 Å². The third kappa shape index (κ3) is 4.44. The van der Waals surface area contributed by atoms with Crippen LogP contribution in [0.4, 0.5) is 0 Å². The van der Waals surface area contributed by atoms with E-state index in [2.05, 4.69) is 36.4 Å². The number of carbonyl (C=O) groups is 1. The van der Waals surface area contributed by atoms with E-state index in [9.17, 15) is 4.79 Å². The molecule has 1 amide bonds. The van der Waals surface area contributed by atoms with Gasteiger partial charge in [-0.25, -0.2) is 0 Å². The third-order valence-corrected chi connectivity index (χ3v) is 5.07. The zero-order valence-corrected chi connectivity index (χ0v) is 16.1. The quantitative estimate of drug-likeness (QED) is 0.865. The van der Waals surface area contributed by atoms with E-state index in [1.165, 1.54) is 11.1 Å². The second-order valence-corrected chi connectivity index (χ2v) is 6.67. The van der Waals surface area contributed by atoms with Crippen molar-refractivity contribution < 1.29 is 9.53 Å². The van der Waals surface area contributed by atoms with Gasteiger partial charge in [0.25, 0.3) is 5.91 Å². The second-order valence-electron chi connectivity index (χ2n) is 6.67. The minimum atomic E-state index is -0.357. The van der Waals surface area contributed by atoms with Gasteiger partial charge >= 0.3 is 0 Å². The monoisotopic (exact) mass is 374 g/mol. The Balaban J connectivity index is 0.00000243. The van der Waals surface area contributed by atoms with Gasteiger partial charge in [0.05, 0.1) is 12.1 Å². The van der Waals surface area contributed by atoms with Crippen LogP contribution in [0.15, 0.2) is 54.6 Å². The zero-order valence-electron chi connectivity index (χ0n) is 15.3. The summed E-state index contributed by atoms with van der Waals surface area (Å²) in [6, 6.07) is 18.7. The van der Waals surface area contributed by atoms with Crippen molar-refractivity contribution in [2.75, 3.05) is 13.6 Å². The average molecular weight is 375 g/mol. The van der Waals surface area contributed by atoms with Crippen molar-refractivity contribution in [3.63, 3.8) is 0 Å². The Morgan fingerprint density at radius 3 is 2.31 bits per heavy atom. The van der Waals surface area contributed by atoms with Crippen LogP contribution in [0.25, 0.3) is 11.1 Å². The number of rotatable bonds is 5. The van der Waals surface area contributed by atoms with Crippen molar-refractivity contribution in [2.45, 2.75) is 38.0 Å². The normalized spacial score (nSPS) is 20.3. The van der Waals surface area contributed by atoms with E-state index >= 15 is 0 Å². The predicted molar refractivity (Wildman–Crippen MR) is 107 cm³/mol. The number of nitrogens with zero attached hydrogens (tertiary/aromatic N) is 1. The van der Waals surface area contributed by atoms with E-state index in [1.54, 1.807) is 4.90 Å². The number of ether oxygens (including phenoxy) is 1. The van der Waals surface area contributed by atoms with E-state index in [0.29, 0.717) is 6.54 Å². The summed E-state index contributed by atoms with van der Waals surface area (Å²) < 4.78 is 5.74. The third-order valence-electron chi connectivity index (χ3n) is 5.07. The molecule has 2 N–H and O–H groups in total. The van der Waals surface area contributed by atoms with Crippen LogP contribution < -0.4 is 5.73 Å². The highest BCUT2D eigenvalue weighted by molar-refractivity contribution is 5.85. The van der Waals surface area contributed by atoms with Gasteiger partial charge in [-0.15, -0.1) is 12.4 Å². The molecule has 0 aromatic heterocycles. The van der Waals surface area contributed by atoms with E-state index in [0.717, 1.165) is 18.4 Å². The van der Waals surface area contributed by atoms with Gasteiger partial charge in [-0.1, -0.05) is 54.6 Å². The first-order chi connectivity index (χ1) is 12.1. The fourth-order valence-corrected chi connectivity index (χ4v) is 3.29. The van der Waals surface area contributed by atoms with Crippen molar-refractivity contribution in [1.82, 2.24) is 4.90 Å². The summed E-state index contributed by atoms with van der Waals surface area (Å²) in [5, 5.41) is 0. The molecule has 0 aliphatic carbocycles. The lowest BCUT2D eigenvalue weighted by Crippen LogP contribution is -2.38. The zero-order chi connectivity index (χ0) is 17.8. The Labute approximate surface area is 161 Å². The molecule has 140 valence electrons. The fourth-order valence-electron chi connectivity index (χ4n) is 3.29. The van der Waals surface area contributed by atoms with Crippen molar-refractivity contribution in [3.8, 4) is 11.1 Å². The Kier molecular flexibility index (Phi) is 7.21. The summed E-state index contributed by atoms with van der Waals surface area (Å²) in [6.45, 7) is 2.52. The number of amides is 1. The van der Waals surface area contributed by atoms with Crippen LogP contribution in [0.5, 0.6) is 0 Å². The van der Waals surface area contributed by atoms with E-state index < -0.39 is 0 Å². The molecule has 3 rings (SSSR count). The second kappa shape index (κ2) is 9.17. The Morgan fingerprint density at radius 2 is 1.73 bits per heavy atom. The standard InChI is InChI=1S/C21H26N2O2.ClH/c1-15(23(2)21(24)20-13-12-19(14-22)25-20)16-8-10-18(11-9-16)17-6-4-3-5-7-17;/h3-11,15,19-20H,12-14,22H2,1-2H3;1H/t15?,19-,20+;/m1./s1. The minimum absolute atomic E-state index is 0. The van der Waals surface area contributed by atoms with Crippen molar-refractivity contribution in [3.05, 3.63) is 60.2 Å². The molecule has 1 unspecified atom stereocenters. The molecule has 26 heavy (non-hydrogen) atoms. The number of hydrogen-bond donors (Lipinski definition) is 1. The van der Waals surface area contributed by atoms with Crippen LogP contribution in [-0.2, 0) is 9.53 Å². The fraction of sp³-hybridized carbons (Fsp3) is 0.381. The molecule has 4 nitrogen and oxygen atoms in total. The molecule has 1 saturated heterocycles. The summed E-state index contributed by atoms with van der Waals surface area (Å²) in [6.07, 6.45) is 1.28. The van der Waals surface area contributed by atoms with Gasteiger partial charge in [-0.2, -0.15) is 0 Å². The lowest BCUT2D eigenvalue weighted by molar-refractivity contribution is -0.143. The molecule has 2 aromatic rings. The van der Waals surface area contributed by atoms with E-state index in [-0.39, 0.29) is 36.6 Å². The maximum absolute atomic E-state index is 12.7. The maximum Gasteiger partial charge on any atom is 0.251 e. The summed E-state index contributed by atoms with van der Waals surface area (Å²) in [5.41, 5.74) is 9.12. The first-order valence-corrected chi connectivity index (χ1v) is 8.87. The summed E-state index contributed by atoms with van der Waals surface area (Å²) in [5.74, 6) is 0.0376. The number of halogens is 1. The van der Waals surface area contributed by atoms with Crippen LogP contribution in [0.2, 0.25) is 0 Å². The van der Waals surface area contributed by atoms with Gasteiger partial charge in [0.2, 0.25) is 0 Å². The van der Waals surface area contributed by atoms with E-state index in [1.807, 2.05) is 32.2 Å². The van der Waals surface area contributed by atoms with Crippen LogP contribution in [0.1, 0.15) is 31.4 Å². The molecule has 1 fully saturated rings. The molecule has 0 spiro atoms. The Morgan fingerprint density at radius 1 is 1.12 bits per heavy atom. The first kappa shape index (κ1) is 20.4. The Bertz CT molecular complexity index is 706. The smallest absolute Gasteiger partial charge is 0.251 e. The predicted octanol–water partition coefficient (Wildman–Crippen LogP) is 3.80. The highest BCUT2D eigenvalue weighted by atomic mass is 35.5. The van der Waals surface area contributed by atoms with Gasteiger partial charge < -0.3 is 15.4 Å². The van der Waals surface area contributed by atoms with Crippen LogP contribution in [0, 0.1) is 0 Å². The van der Waals surface area contributed by atoms with Crippen LogP contribution >= 0.6 is 12.4 Å². The maximum atomic E-state index is 12.7. The average Bonchev–Trinajstić information content (AvgIpc) is 3.16. The molecule has 0 radical (unpaired) electrons. The molecule has 0 bridgehead atoms. The van der Waals surface area contributed by atoms with Crippen molar-refractivity contribution in [1.29, 1.82) is 0 Å². The topological polar surface area (TPSA) is 55.6 Å². The molecule has 1 heterocycles. The molecule has 2 aromatic carbocycles.